The van der Waals surface area contributed by atoms with Crippen LogP contribution in [0.4, 0.5) is 26.3 Å². The first-order valence-corrected chi connectivity index (χ1v) is 9.76. The predicted molar refractivity (Wildman–Crippen MR) is 108 cm³/mol. The number of benzene rings is 3. The maximum absolute atomic E-state index is 13.7. The summed E-state index contributed by atoms with van der Waals surface area (Å²) in [7, 11) is 0. The fraction of sp³-hybridized carbons (Fsp3) is 0.0833. The number of carbonyl (C=O) groups excluding carboxylic acids is 2. The molecule has 35 heavy (non-hydrogen) atoms. The quantitative estimate of drug-likeness (QED) is 0.118. The minimum Gasteiger partial charge on any atom is -0.476 e. The van der Waals surface area contributed by atoms with E-state index in [4.69, 9.17) is 9.47 Å². The summed E-state index contributed by atoms with van der Waals surface area (Å²) in [6, 6.07) is 7.78. The molecule has 0 fully saturated rings. The van der Waals surface area contributed by atoms with Crippen molar-refractivity contribution in [2.75, 3.05) is 6.61 Å². The Kier molecular flexibility index (Phi) is 6.25. The normalized spacial score (nSPS) is 13.6. The molecule has 3 aromatic carbocycles. The fourth-order valence-corrected chi connectivity index (χ4v) is 3.25. The lowest BCUT2D eigenvalue weighted by molar-refractivity contribution is -0.136. The number of carbonyl (C=O) groups is 2. The maximum Gasteiger partial charge on any atom is 0.349 e. The number of rotatable bonds is 5. The Balaban J connectivity index is 1.49. The van der Waals surface area contributed by atoms with E-state index in [2.05, 4.69) is 4.74 Å². The second-order valence-corrected chi connectivity index (χ2v) is 7.27. The summed E-state index contributed by atoms with van der Waals surface area (Å²) in [6.07, 6.45) is 1.39. The van der Waals surface area contributed by atoms with Crippen LogP contribution < -0.4 is 14.2 Å². The SMILES string of the molecule is Cc1cc(OC(=O)COc2c(F)c(F)c(F)c(F)c2F)cc2c1C(=O)/C(=C/c1ccc(F)cc1)O2. The number of ether oxygens (including phenoxy) is 3. The molecule has 0 saturated heterocycles. The average Bonchev–Trinajstić information content (AvgIpc) is 3.13. The van der Waals surface area contributed by atoms with Crippen molar-refractivity contribution < 1.29 is 50.1 Å². The Morgan fingerprint density at radius 2 is 1.51 bits per heavy atom. The van der Waals surface area contributed by atoms with Gasteiger partial charge in [0.2, 0.25) is 34.9 Å². The number of allylic oxidation sites excluding steroid dienone is 1. The third-order valence-corrected chi connectivity index (χ3v) is 4.85. The van der Waals surface area contributed by atoms with E-state index in [-0.39, 0.29) is 22.8 Å². The van der Waals surface area contributed by atoms with Gasteiger partial charge in [-0.25, -0.2) is 22.4 Å². The van der Waals surface area contributed by atoms with E-state index < -0.39 is 59.0 Å². The van der Waals surface area contributed by atoms with Gasteiger partial charge in [0, 0.05) is 6.07 Å². The van der Waals surface area contributed by atoms with Gasteiger partial charge in [-0.2, -0.15) is 8.78 Å². The van der Waals surface area contributed by atoms with Crippen molar-refractivity contribution >= 4 is 17.8 Å². The summed E-state index contributed by atoms with van der Waals surface area (Å²) >= 11 is 0. The molecule has 1 heterocycles. The Hall–Kier alpha value is -4.28. The van der Waals surface area contributed by atoms with Crippen LogP contribution in [0.3, 0.4) is 0 Å². The van der Waals surface area contributed by atoms with Gasteiger partial charge in [-0.1, -0.05) is 12.1 Å². The van der Waals surface area contributed by atoms with Gasteiger partial charge in [-0.15, -0.1) is 0 Å². The molecule has 11 heteroatoms. The van der Waals surface area contributed by atoms with Gasteiger partial charge in [0.15, 0.2) is 18.1 Å². The van der Waals surface area contributed by atoms with Crippen LogP contribution in [0.5, 0.6) is 17.2 Å². The lowest BCUT2D eigenvalue weighted by Crippen LogP contribution is -2.19. The van der Waals surface area contributed by atoms with Gasteiger partial charge >= 0.3 is 5.97 Å². The van der Waals surface area contributed by atoms with E-state index >= 15 is 0 Å². The van der Waals surface area contributed by atoms with E-state index in [0.717, 1.165) is 0 Å². The molecule has 0 N–H and O–H groups in total. The van der Waals surface area contributed by atoms with Gasteiger partial charge in [0.1, 0.15) is 17.3 Å². The number of ketones is 1. The Labute approximate surface area is 193 Å². The number of Topliss-reactive ketones (excluding diaryl/α,β-unsaturated/α-hetero) is 1. The molecule has 0 bridgehead atoms. The second-order valence-electron chi connectivity index (χ2n) is 7.27. The summed E-state index contributed by atoms with van der Waals surface area (Å²) in [6.45, 7) is 0.341. The number of hydrogen-bond acceptors (Lipinski definition) is 5. The minimum atomic E-state index is -2.37. The first-order chi connectivity index (χ1) is 16.6. The summed E-state index contributed by atoms with van der Waals surface area (Å²) in [4.78, 5) is 24.7. The molecular formula is C24H12F6O5. The molecular weight excluding hydrogens is 482 g/mol. The highest BCUT2D eigenvalue weighted by molar-refractivity contribution is 6.15. The molecule has 1 aliphatic rings. The van der Waals surface area contributed by atoms with Crippen molar-refractivity contribution in [3.8, 4) is 17.2 Å². The highest BCUT2D eigenvalue weighted by Crippen LogP contribution is 2.37. The predicted octanol–water partition coefficient (Wildman–Crippen LogP) is 5.43. The maximum atomic E-state index is 13.7. The molecule has 0 unspecified atom stereocenters. The molecule has 4 rings (SSSR count). The largest absolute Gasteiger partial charge is 0.476 e. The molecule has 0 saturated carbocycles. The van der Waals surface area contributed by atoms with Crippen molar-refractivity contribution in [1.82, 2.24) is 0 Å². The number of esters is 1. The molecule has 1 aliphatic heterocycles. The third-order valence-electron chi connectivity index (χ3n) is 4.85. The van der Waals surface area contributed by atoms with Crippen LogP contribution in [0, 0.1) is 41.8 Å². The van der Waals surface area contributed by atoms with Crippen LogP contribution in [0.2, 0.25) is 0 Å². The topological polar surface area (TPSA) is 61.8 Å². The Morgan fingerprint density at radius 3 is 2.14 bits per heavy atom. The number of halogens is 6. The van der Waals surface area contributed by atoms with E-state index in [9.17, 15) is 35.9 Å². The van der Waals surface area contributed by atoms with E-state index in [0.29, 0.717) is 11.1 Å². The first-order valence-electron chi connectivity index (χ1n) is 9.76. The number of fused-ring (bicyclic) bond motifs is 1. The lowest BCUT2D eigenvalue weighted by atomic mass is 10.0. The zero-order valence-corrected chi connectivity index (χ0v) is 17.6. The monoisotopic (exact) mass is 494 g/mol. The van der Waals surface area contributed by atoms with Crippen molar-refractivity contribution in [3.63, 3.8) is 0 Å². The average molecular weight is 494 g/mol. The highest BCUT2D eigenvalue weighted by atomic mass is 19.2. The molecule has 0 aliphatic carbocycles. The smallest absolute Gasteiger partial charge is 0.349 e. The molecule has 0 amide bonds. The third kappa shape index (κ3) is 4.57. The van der Waals surface area contributed by atoms with Crippen LogP contribution in [0.1, 0.15) is 21.5 Å². The minimum absolute atomic E-state index is 0.0480. The van der Waals surface area contributed by atoms with Gasteiger partial charge in [0.25, 0.3) is 0 Å². The zero-order chi connectivity index (χ0) is 25.4. The zero-order valence-electron chi connectivity index (χ0n) is 17.6. The molecule has 0 aromatic heterocycles. The van der Waals surface area contributed by atoms with E-state index in [1.54, 1.807) is 0 Å². The van der Waals surface area contributed by atoms with Crippen molar-refractivity contribution in [3.05, 3.63) is 93.8 Å². The van der Waals surface area contributed by atoms with Crippen molar-refractivity contribution in [2.45, 2.75) is 6.92 Å². The molecule has 0 spiro atoms. The number of hydrogen-bond donors (Lipinski definition) is 0. The van der Waals surface area contributed by atoms with Crippen LogP contribution in [-0.4, -0.2) is 18.4 Å². The fourth-order valence-electron chi connectivity index (χ4n) is 3.25. The van der Waals surface area contributed by atoms with Gasteiger partial charge in [-0.05, 0) is 42.3 Å². The van der Waals surface area contributed by atoms with Gasteiger partial charge < -0.3 is 14.2 Å². The lowest BCUT2D eigenvalue weighted by Gasteiger charge is -2.11. The second kappa shape index (κ2) is 9.16. The van der Waals surface area contributed by atoms with Gasteiger partial charge in [0.05, 0.1) is 5.56 Å². The van der Waals surface area contributed by atoms with Crippen molar-refractivity contribution in [2.24, 2.45) is 0 Å². The summed E-state index contributed by atoms with van der Waals surface area (Å²) < 4.78 is 95.0. The van der Waals surface area contributed by atoms with E-state index in [1.165, 1.54) is 49.4 Å². The summed E-state index contributed by atoms with van der Waals surface area (Å²) in [5.74, 6) is -15.2. The molecule has 0 atom stereocenters. The van der Waals surface area contributed by atoms with Crippen LogP contribution in [0.25, 0.3) is 6.08 Å². The highest BCUT2D eigenvalue weighted by Gasteiger charge is 2.31. The molecule has 180 valence electrons. The summed E-state index contributed by atoms with van der Waals surface area (Å²) in [5.41, 5.74) is 1.05. The molecule has 3 aromatic rings. The van der Waals surface area contributed by atoms with Crippen LogP contribution in [0.15, 0.2) is 42.2 Å². The summed E-state index contributed by atoms with van der Waals surface area (Å²) in [5, 5.41) is 0. The molecule has 0 radical (unpaired) electrons. The van der Waals surface area contributed by atoms with Crippen LogP contribution in [-0.2, 0) is 4.79 Å². The number of aryl methyl sites for hydroxylation is 1. The Morgan fingerprint density at radius 1 is 0.914 bits per heavy atom. The standard InChI is InChI=1S/C24H12F6O5/c1-10-6-13(34-16(31)9-33-24-21(29)19(27)18(26)20(28)22(24)30)8-14-17(10)23(32)15(35-14)7-11-2-4-12(25)5-3-11/h2-8H,9H2,1H3/b15-7-. The van der Waals surface area contributed by atoms with Gasteiger partial charge in [-0.3, -0.25) is 4.79 Å². The van der Waals surface area contributed by atoms with Crippen molar-refractivity contribution in [1.29, 1.82) is 0 Å². The van der Waals surface area contributed by atoms with E-state index in [1.807, 2.05) is 0 Å². The first kappa shape index (κ1) is 23.9. The molecule has 5 nitrogen and oxygen atoms in total. The Bertz CT molecular complexity index is 1370. The van der Waals surface area contributed by atoms with Crippen LogP contribution >= 0.6 is 0 Å².